The van der Waals surface area contributed by atoms with Crippen LogP contribution >= 0.6 is 23.6 Å². The molecule has 0 atom stereocenters. The van der Waals surface area contributed by atoms with E-state index in [0.717, 1.165) is 16.2 Å². The topological polar surface area (TPSA) is 55.2 Å². The Hall–Kier alpha value is -2.25. The Kier molecular flexibility index (Phi) is 4.68. The van der Waals surface area contributed by atoms with Gasteiger partial charge in [-0.1, -0.05) is 12.1 Å². The molecule has 0 aliphatic heterocycles. The molecule has 7 heteroatoms. The minimum atomic E-state index is 0.450. The number of thiophene rings is 1. The van der Waals surface area contributed by atoms with Crippen LogP contribution in [0.2, 0.25) is 0 Å². The maximum Gasteiger partial charge on any atom is 0.216 e. The van der Waals surface area contributed by atoms with Crippen molar-refractivity contribution in [1.29, 1.82) is 0 Å². The number of nitrogens with one attached hydrogen (secondary N) is 1. The fourth-order valence-corrected chi connectivity index (χ4v) is 3.04. The largest absolute Gasteiger partial charge is 0.494 e. The second-order valence-corrected chi connectivity index (χ2v) is 6.52. The van der Waals surface area contributed by atoms with Crippen molar-refractivity contribution in [3.8, 4) is 17.1 Å². The van der Waals surface area contributed by atoms with Gasteiger partial charge in [-0.3, -0.25) is 0 Å². The molecule has 3 aromatic rings. The maximum atomic E-state index is 5.54. The van der Waals surface area contributed by atoms with E-state index in [9.17, 15) is 0 Å². The van der Waals surface area contributed by atoms with Gasteiger partial charge in [0.1, 0.15) is 5.75 Å². The minimum absolute atomic E-state index is 0.450. The first-order chi connectivity index (χ1) is 11.2. The number of hydrogen-bond acceptors (Lipinski definition) is 5. The minimum Gasteiger partial charge on any atom is -0.494 e. The van der Waals surface area contributed by atoms with Gasteiger partial charge in [0, 0.05) is 15.3 Å². The molecule has 0 aliphatic carbocycles. The summed E-state index contributed by atoms with van der Waals surface area (Å²) in [5.41, 5.74) is 0.891. The molecule has 118 valence electrons. The van der Waals surface area contributed by atoms with Gasteiger partial charge in [0.15, 0.2) is 5.82 Å². The predicted molar refractivity (Wildman–Crippen MR) is 96.1 cm³/mol. The van der Waals surface area contributed by atoms with Gasteiger partial charge in [-0.05, 0) is 50.3 Å². The molecule has 0 spiro atoms. The Morgan fingerprint density at radius 1 is 1.39 bits per heavy atom. The van der Waals surface area contributed by atoms with Crippen LogP contribution in [-0.2, 0) is 0 Å². The summed E-state index contributed by atoms with van der Waals surface area (Å²) in [6, 6.07) is 11.8. The van der Waals surface area contributed by atoms with Crippen LogP contribution in [0.3, 0.4) is 0 Å². The van der Waals surface area contributed by atoms with Gasteiger partial charge in [-0.2, -0.15) is 14.9 Å². The summed E-state index contributed by atoms with van der Waals surface area (Å²) in [5, 5.41) is 11.5. The second kappa shape index (κ2) is 6.89. The first-order valence-corrected chi connectivity index (χ1v) is 8.41. The zero-order chi connectivity index (χ0) is 16.2. The molecule has 0 radical (unpaired) electrons. The number of ether oxygens (including phenoxy) is 1. The number of benzene rings is 1. The van der Waals surface area contributed by atoms with Crippen molar-refractivity contribution >= 4 is 29.8 Å². The van der Waals surface area contributed by atoms with Crippen LogP contribution in [0.15, 0.2) is 41.5 Å². The Labute approximate surface area is 143 Å². The van der Waals surface area contributed by atoms with Crippen LogP contribution in [-0.4, -0.2) is 27.7 Å². The van der Waals surface area contributed by atoms with Crippen LogP contribution in [0.5, 0.6) is 5.75 Å². The molecule has 0 saturated carbocycles. The van der Waals surface area contributed by atoms with Crippen molar-refractivity contribution in [2.75, 3.05) is 6.61 Å². The first kappa shape index (κ1) is 15.6. The number of hydrogen-bond donors (Lipinski definition) is 1. The fourth-order valence-electron chi connectivity index (χ4n) is 2.11. The molecule has 1 N–H and O–H groups in total. The lowest BCUT2D eigenvalue weighted by atomic mass is 10.2. The van der Waals surface area contributed by atoms with E-state index in [1.807, 2.05) is 37.3 Å². The molecule has 2 aromatic heterocycles. The van der Waals surface area contributed by atoms with E-state index in [1.165, 1.54) is 4.88 Å². The van der Waals surface area contributed by atoms with E-state index < -0.39 is 0 Å². The van der Waals surface area contributed by atoms with Crippen molar-refractivity contribution in [3.05, 3.63) is 50.9 Å². The Bertz CT molecular complexity index is 891. The Balaban J connectivity index is 1.97. The molecule has 0 fully saturated rings. The summed E-state index contributed by atoms with van der Waals surface area (Å²) in [5.74, 6) is 1.45. The lowest BCUT2D eigenvalue weighted by Gasteiger charge is -2.05. The monoisotopic (exact) mass is 344 g/mol. The molecule has 0 aliphatic rings. The molecule has 0 bridgehead atoms. The summed E-state index contributed by atoms with van der Waals surface area (Å²) in [7, 11) is 0. The van der Waals surface area contributed by atoms with Crippen LogP contribution in [0.1, 0.15) is 16.7 Å². The average molecular weight is 344 g/mol. The Morgan fingerprint density at radius 3 is 3.00 bits per heavy atom. The van der Waals surface area contributed by atoms with Crippen molar-refractivity contribution < 1.29 is 4.74 Å². The fraction of sp³-hybridized carbons (Fsp3) is 0.188. The number of H-pyrrole nitrogens is 1. The number of aryl methyl sites for hydroxylation is 1. The third-order valence-corrected chi connectivity index (χ3v) is 4.31. The van der Waals surface area contributed by atoms with Gasteiger partial charge in [0.05, 0.1) is 12.8 Å². The summed E-state index contributed by atoms with van der Waals surface area (Å²) >= 11 is 6.96. The van der Waals surface area contributed by atoms with E-state index in [4.69, 9.17) is 17.0 Å². The highest BCUT2D eigenvalue weighted by atomic mass is 32.1. The van der Waals surface area contributed by atoms with Gasteiger partial charge < -0.3 is 4.74 Å². The predicted octanol–water partition coefficient (Wildman–Crippen LogP) is 4.26. The van der Waals surface area contributed by atoms with E-state index in [0.29, 0.717) is 17.2 Å². The molecule has 1 aromatic carbocycles. The first-order valence-electron chi connectivity index (χ1n) is 7.19. The number of aromatic nitrogens is 3. The number of aromatic amines is 1. The van der Waals surface area contributed by atoms with Crippen LogP contribution in [0, 0.1) is 11.7 Å². The van der Waals surface area contributed by atoms with Gasteiger partial charge in [0.2, 0.25) is 4.77 Å². The van der Waals surface area contributed by atoms with Crippen molar-refractivity contribution in [2.45, 2.75) is 13.8 Å². The van der Waals surface area contributed by atoms with Gasteiger partial charge >= 0.3 is 0 Å². The molecule has 2 heterocycles. The van der Waals surface area contributed by atoms with Crippen LogP contribution in [0.4, 0.5) is 0 Å². The molecule has 23 heavy (non-hydrogen) atoms. The highest BCUT2D eigenvalue weighted by Crippen LogP contribution is 2.22. The lowest BCUT2D eigenvalue weighted by Crippen LogP contribution is -1.96. The van der Waals surface area contributed by atoms with Gasteiger partial charge in [-0.25, -0.2) is 5.10 Å². The van der Waals surface area contributed by atoms with E-state index in [1.54, 1.807) is 22.2 Å². The third-order valence-electron chi connectivity index (χ3n) is 3.12. The second-order valence-electron chi connectivity index (χ2n) is 4.82. The summed E-state index contributed by atoms with van der Waals surface area (Å²) in [6.45, 7) is 4.64. The molecule has 0 unspecified atom stereocenters. The average Bonchev–Trinajstić information content (AvgIpc) is 3.12. The zero-order valence-electron chi connectivity index (χ0n) is 12.8. The SMILES string of the molecule is CCOc1cccc(-c2n[nH]c(=S)n2/N=C\c2ccc(C)s2)c1. The summed E-state index contributed by atoms with van der Waals surface area (Å²) < 4.78 is 7.61. The summed E-state index contributed by atoms with van der Waals surface area (Å²) in [6.07, 6.45) is 1.79. The van der Waals surface area contributed by atoms with Crippen molar-refractivity contribution in [1.82, 2.24) is 14.9 Å². The van der Waals surface area contributed by atoms with Gasteiger partial charge in [-0.15, -0.1) is 11.3 Å². The highest BCUT2D eigenvalue weighted by molar-refractivity contribution is 7.71. The standard InChI is InChI=1S/C16H16N4OS2/c1-3-21-13-6-4-5-12(9-13)15-18-19-16(22)20(15)17-10-14-8-7-11(2)23-14/h4-10H,3H2,1-2H3,(H,19,22)/b17-10-. The van der Waals surface area contributed by atoms with E-state index >= 15 is 0 Å². The molecule has 3 rings (SSSR count). The third kappa shape index (κ3) is 3.57. The van der Waals surface area contributed by atoms with Crippen molar-refractivity contribution in [3.63, 3.8) is 0 Å². The molecule has 5 nitrogen and oxygen atoms in total. The van der Waals surface area contributed by atoms with E-state index in [-0.39, 0.29) is 0 Å². The van der Waals surface area contributed by atoms with Crippen LogP contribution < -0.4 is 4.74 Å². The zero-order valence-corrected chi connectivity index (χ0v) is 14.4. The lowest BCUT2D eigenvalue weighted by molar-refractivity contribution is 0.340. The normalized spacial score (nSPS) is 11.2. The van der Waals surface area contributed by atoms with E-state index in [2.05, 4.69) is 28.3 Å². The maximum absolute atomic E-state index is 5.54. The highest BCUT2D eigenvalue weighted by Gasteiger charge is 2.09. The Morgan fingerprint density at radius 2 is 2.26 bits per heavy atom. The molecule has 0 amide bonds. The molecule has 0 saturated heterocycles. The quantitative estimate of drug-likeness (QED) is 0.556. The smallest absolute Gasteiger partial charge is 0.216 e. The number of rotatable bonds is 5. The van der Waals surface area contributed by atoms with Gasteiger partial charge in [0.25, 0.3) is 0 Å². The summed E-state index contributed by atoms with van der Waals surface area (Å²) in [4.78, 5) is 2.31. The van der Waals surface area contributed by atoms with Crippen LogP contribution in [0.25, 0.3) is 11.4 Å². The molecular weight excluding hydrogens is 328 g/mol. The van der Waals surface area contributed by atoms with Crippen molar-refractivity contribution in [2.24, 2.45) is 5.10 Å². The molecular formula is C16H16N4OS2. The number of nitrogens with zero attached hydrogens (tertiary/aromatic N) is 3.